The average Bonchev–Trinajstić information content (AvgIpc) is 2.53. The summed E-state index contributed by atoms with van der Waals surface area (Å²) in [4.78, 5) is 0. The number of rotatable bonds is 4. The molecule has 3 aromatic rings. The molecule has 0 saturated heterocycles. The molecular weight excluding hydrogens is 339 g/mol. The van der Waals surface area contributed by atoms with Crippen molar-refractivity contribution in [3.8, 4) is 16.9 Å². The number of benzene rings is 2. The van der Waals surface area contributed by atoms with E-state index in [-0.39, 0.29) is 5.75 Å². The number of aromatic nitrogens is 2. The molecule has 5 nitrogen and oxygen atoms in total. The van der Waals surface area contributed by atoms with Crippen LogP contribution in [0.25, 0.3) is 22.0 Å². The average molecular weight is 357 g/mol. The third-order valence-corrected chi connectivity index (χ3v) is 4.05. The molecule has 0 unspecified atom stereocenters. The second-order valence-electron chi connectivity index (χ2n) is 6.33. The van der Waals surface area contributed by atoms with Crippen molar-refractivity contribution in [2.24, 2.45) is 0 Å². The van der Waals surface area contributed by atoms with Crippen molar-refractivity contribution < 1.29 is 18.5 Å². The maximum atomic E-state index is 13.4. The van der Waals surface area contributed by atoms with Gasteiger partial charge >= 0.3 is 13.0 Å². The van der Waals surface area contributed by atoms with E-state index in [1.807, 2.05) is 13.0 Å². The molecule has 0 amide bonds. The third-order valence-electron chi connectivity index (χ3n) is 4.05. The zero-order chi connectivity index (χ0) is 19.1. The molecule has 0 bridgehead atoms. The van der Waals surface area contributed by atoms with E-state index >= 15 is 0 Å². The van der Waals surface area contributed by atoms with Crippen molar-refractivity contribution in [1.29, 1.82) is 0 Å². The van der Waals surface area contributed by atoms with E-state index in [4.69, 9.17) is 10.5 Å². The Morgan fingerprint density at radius 3 is 2.62 bits per heavy atom. The fourth-order valence-corrected chi connectivity index (χ4v) is 2.91. The van der Waals surface area contributed by atoms with Crippen molar-refractivity contribution in [2.75, 3.05) is 5.73 Å². The van der Waals surface area contributed by atoms with E-state index in [2.05, 4.69) is 10.2 Å². The number of nitrogens with two attached hydrogens (primary N) is 1. The minimum Gasteiger partial charge on any atom is -0.447 e. The molecule has 0 atom stereocenters. The third kappa shape index (κ3) is 3.60. The normalized spacial score (nSPS) is 11.6. The zero-order valence-electron chi connectivity index (χ0n) is 14.6. The largest absolute Gasteiger partial charge is 0.447 e. The summed E-state index contributed by atoms with van der Waals surface area (Å²) < 4.78 is 31.7. The Kier molecular flexibility index (Phi) is 4.54. The number of ether oxygens (including phenoxy) is 1. The maximum absolute atomic E-state index is 13.4. The lowest BCUT2D eigenvalue weighted by Crippen LogP contribution is -2.27. The summed E-state index contributed by atoms with van der Waals surface area (Å²) in [5.74, 6) is 0.0116. The van der Waals surface area contributed by atoms with Gasteiger partial charge in [0.05, 0.1) is 17.4 Å². The monoisotopic (exact) mass is 357 g/mol. The Balaban J connectivity index is 2.24. The molecule has 134 valence electrons. The highest BCUT2D eigenvalue weighted by molar-refractivity contribution is 6.64. The summed E-state index contributed by atoms with van der Waals surface area (Å²) in [7, 11) is 0. The number of alkyl halides is 2. The highest BCUT2D eigenvalue weighted by atomic mass is 19.3. The van der Waals surface area contributed by atoms with Crippen LogP contribution in [0.4, 0.5) is 14.5 Å². The summed E-state index contributed by atoms with van der Waals surface area (Å²) in [6.07, 6.45) is -1.87. The van der Waals surface area contributed by atoms with Gasteiger partial charge in [0, 0.05) is 17.9 Å². The maximum Gasteiger partial charge on any atom is 0.394 e. The first-order valence-electron chi connectivity index (χ1n) is 8.06. The fraction of sp³-hybridized carbons (Fsp3) is 0.222. The first-order valence-corrected chi connectivity index (χ1v) is 8.06. The van der Waals surface area contributed by atoms with Gasteiger partial charge in [-0.05, 0) is 35.6 Å². The van der Waals surface area contributed by atoms with Gasteiger partial charge in [-0.2, -0.15) is 19.0 Å². The second kappa shape index (κ2) is 6.53. The number of nitrogens with zero attached hydrogens (tertiary/aromatic N) is 2. The number of fused-ring (bicyclic) bond motifs is 1. The van der Waals surface area contributed by atoms with E-state index in [9.17, 15) is 13.8 Å². The Morgan fingerprint density at radius 1 is 1.23 bits per heavy atom. The van der Waals surface area contributed by atoms with Gasteiger partial charge in [-0.3, -0.25) is 0 Å². The van der Waals surface area contributed by atoms with E-state index < -0.39 is 13.0 Å². The number of hydrogen-bond donors (Lipinski definition) is 2. The van der Waals surface area contributed by atoms with E-state index in [0.717, 1.165) is 10.9 Å². The summed E-state index contributed by atoms with van der Waals surface area (Å²) in [6.45, 7) is 3.39. The fourth-order valence-electron chi connectivity index (χ4n) is 2.91. The topological polar surface area (TPSA) is 81.3 Å². The van der Waals surface area contributed by atoms with Crippen molar-refractivity contribution in [2.45, 2.75) is 26.8 Å². The molecule has 0 fully saturated rings. The minimum atomic E-state index is -3.34. The number of aryl methyl sites for hydroxylation is 1. The summed E-state index contributed by atoms with van der Waals surface area (Å²) in [5.41, 5.74) is 9.48. The van der Waals surface area contributed by atoms with E-state index in [1.54, 1.807) is 25.0 Å². The molecule has 1 heterocycles. The van der Waals surface area contributed by atoms with Crippen molar-refractivity contribution >= 4 is 29.0 Å². The quantitative estimate of drug-likeness (QED) is 0.702. The Labute approximate surface area is 149 Å². The molecule has 2 aromatic carbocycles. The molecule has 3 rings (SSSR count). The highest BCUT2D eigenvalue weighted by Crippen LogP contribution is 2.35. The number of halogens is 2. The lowest BCUT2D eigenvalue weighted by Gasteiger charge is -2.18. The smallest absolute Gasteiger partial charge is 0.394 e. The predicted molar refractivity (Wildman–Crippen MR) is 98.8 cm³/mol. The Morgan fingerprint density at radius 2 is 1.96 bits per heavy atom. The SMILES string of the molecule is CB(O)c1ccc(OC(C)(F)F)c(-c2cc(C)c3c(N)cnnc3c2)c1. The van der Waals surface area contributed by atoms with Crippen LogP contribution in [-0.2, 0) is 0 Å². The van der Waals surface area contributed by atoms with Crippen molar-refractivity contribution in [3.05, 3.63) is 42.1 Å². The first-order chi connectivity index (χ1) is 12.2. The van der Waals surface area contributed by atoms with E-state index in [0.29, 0.717) is 34.7 Å². The van der Waals surface area contributed by atoms with Crippen LogP contribution in [-0.4, -0.2) is 28.2 Å². The van der Waals surface area contributed by atoms with Gasteiger partial charge in [0.15, 0.2) is 0 Å². The molecular formula is C18H18BF2N3O2. The van der Waals surface area contributed by atoms with Crippen molar-refractivity contribution in [3.63, 3.8) is 0 Å². The molecule has 0 aliphatic heterocycles. The molecule has 0 aliphatic rings. The van der Waals surface area contributed by atoms with Crippen LogP contribution in [0.2, 0.25) is 6.82 Å². The standard InChI is InChI=1S/C18H18BF2N3O2/c1-10-6-11(7-15-17(10)14(22)9-23-24-15)13-8-12(19(3)25)4-5-16(13)26-18(2,20)21/h4-9,25H,1-3H3,(H2,22,24). The van der Waals surface area contributed by atoms with Crippen LogP contribution >= 0.6 is 0 Å². The van der Waals surface area contributed by atoms with Crippen LogP contribution in [0.5, 0.6) is 5.75 Å². The number of anilines is 1. The first kappa shape index (κ1) is 18.1. The van der Waals surface area contributed by atoms with Crippen LogP contribution in [0.15, 0.2) is 36.5 Å². The Hall–Kier alpha value is -2.74. The van der Waals surface area contributed by atoms with Gasteiger partial charge in [0.25, 0.3) is 0 Å². The summed E-state index contributed by atoms with van der Waals surface area (Å²) >= 11 is 0. The molecule has 0 spiro atoms. The van der Waals surface area contributed by atoms with Gasteiger partial charge in [0.2, 0.25) is 0 Å². The number of nitrogen functional groups attached to an aromatic ring is 1. The van der Waals surface area contributed by atoms with Crippen LogP contribution in [0.1, 0.15) is 12.5 Å². The number of hydrogen-bond acceptors (Lipinski definition) is 5. The summed E-state index contributed by atoms with van der Waals surface area (Å²) in [6, 6.07) is 8.15. The van der Waals surface area contributed by atoms with Crippen LogP contribution in [0, 0.1) is 6.92 Å². The van der Waals surface area contributed by atoms with Gasteiger partial charge in [0.1, 0.15) is 5.75 Å². The molecule has 0 aliphatic carbocycles. The molecule has 0 saturated carbocycles. The second-order valence-corrected chi connectivity index (χ2v) is 6.33. The van der Waals surface area contributed by atoms with Crippen LogP contribution < -0.4 is 15.9 Å². The molecule has 26 heavy (non-hydrogen) atoms. The predicted octanol–water partition coefficient (Wildman–Crippen LogP) is 3.00. The van der Waals surface area contributed by atoms with Crippen molar-refractivity contribution in [1.82, 2.24) is 10.2 Å². The Bertz CT molecular complexity index is 975. The molecule has 8 heteroatoms. The highest BCUT2D eigenvalue weighted by Gasteiger charge is 2.26. The van der Waals surface area contributed by atoms with E-state index in [1.165, 1.54) is 12.3 Å². The minimum absolute atomic E-state index is 0.0116. The molecule has 1 aromatic heterocycles. The zero-order valence-corrected chi connectivity index (χ0v) is 14.6. The van der Waals surface area contributed by atoms with Gasteiger partial charge in [-0.1, -0.05) is 25.0 Å². The lowest BCUT2D eigenvalue weighted by molar-refractivity contribution is -0.158. The molecule has 0 radical (unpaired) electrons. The van der Waals surface area contributed by atoms with Gasteiger partial charge < -0.3 is 15.5 Å². The van der Waals surface area contributed by atoms with Gasteiger partial charge in [-0.25, -0.2) is 0 Å². The van der Waals surface area contributed by atoms with Crippen LogP contribution in [0.3, 0.4) is 0 Å². The lowest BCUT2D eigenvalue weighted by atomic mass is 9.64. The van der Waals surface area contributed by atoms with Gasteiger partial charge in [-0.15, -0.1) is 0 Å². The molecule has 3 N–H and O–H groups in total. The summed E-state index contributed by atoms with van der Waals surface area (Å²) in [5, 5.41) is 18.5.